The first-order chi connectivity index (χ1) is 9.79. The van der Waals surface area contributed by atoms with E-state index in [-0.39, 0.29) is 0 Å². The van der Waals surface area contributed by atoms with Crippen molar-refractivity contribution in [2.24, 2.45) is 5.92 Å². The zero-order chi connectivity index (χ0) is 14.6. The molecule has 1 heterocycles. The average Bonchev–Trinajstić information content (AvgIpc) is 2.43. The van der Waals surface area contributed by atoms with Gasteiger partial charge in [0.2, 0.25) is 0 Å². The highest BCUT2D eigenvalue weighted by molar-refractivity contribution is 5.04. The SMILES string of the molecule is C=C1OC(CCCCCCCCCCCCC)C1CC. The van der Waals surface area contributed by atoms with Gasteiger partial charge in [-0.25, -0.2) is 0 Å². The van der Waals surface area contributed by atoms with Gasteiger partial charge in [0.1, 0.15) is 6.10 Å². The first-order valence-corrected chi connectivity index (χ1v) is 9.15. The summed E-state index contributed by atoms with van der Waals surface area (Å²) in [6.45, 7) is 8.47. The van der Waals surface area contributed by atoms with E-state index in [0.29, 0.717) is 12.0 Å². The van der Waals surface area contributed by atoms with Crippen LogP contribution in [-0.2, 0) is 4.74 Å². The molecule has 0 amide bonds. The molecule has 1 saturated heterocycles. The number of hydrogen-bond acceptors (Lipinski definition) is 1. The van der Waals surface area contributed by atoms with Crippen molar-refractivity contribution in [1.29, 1.82) is 0 Å². The van der Waals surface area contributed by atoms with Crippen LogP contribution >= 0.6 is 0 Å². The molecular formula is C19H36O. The first kappa shape index (κ1) is 17.6. The van der Waals surface area contributed by atoms with Gasteiger partial charge in [0, 0.05) is 0 Å². The molecule has 0 aromatic heterocycles. The topological polar surface area (TPSA) is 9.23 Å². The van der Waals surface area contributed by atoms with E-state index in [2.05, 4.69) is 20.4 Å². The summed E-state index contributed by atoms with van der Waals surface area (Å²) in [5.74, 6) is 1.68. The summed E-state index contributed by atoms with van der Waals surface area (Å²) in [5, 5.41) is 0. The van der Waals surface area contributed by atoms with Gasteiger partial charge in [-0.05, 0) is 19.3 Å². The van der Waals surface area contributed by atoms with E-state index in [1.807, 2.05) is 0 Å². The van der Waals surface area contributed by atoms with Gasteiger partial charge in [-0.3, -0.25) is 0 Å². The molecule has 0 aromatic carbocycles. The van der Waals surface area contributed by atoms with Crippen molar-refractivity contribution < 1.29 is 4.74 Å². The monoisotopic (exact) mass is 280 g/mol. The molecule has 2 unspecified atom stereocenters. The third kappa shape index (κ3) is 6.81. The Kier molecular flexibility index (Phi) is 9.87. The average molecular weight is 280 g/mol. The van der Waals surface area contributed by atoms with Crippen LogP contribution in [0.5, 0.6) is 0 Å². The molecule has 1 nitrogen and oxygen atoms in total. The molecule has 0 saturated carbocycles. The standard InChI is InChI=1S/C19H36O/c1-4-6-7-8-9-10-11-12-13-14-15-16-19-18(5-2)17(3)20-19/h18-19H,3-16H2,1-2H3. The summed E-state index contributed by atoms with van der Waals surface area (Å²) in [6, 6.07) is 0. The lowest BCUT2D eigenvalue weighted by atomic mass is 9.88. The van der Waals surface area contributed by atoms with Crippen molar-refractivity contribution in [3.63, 3.8) is 0 Å². The lowest BCUT2D eigenvalue weighted by molar-refractivity contribution is -0.0495. The number of rotatable bonds is 13. The van der Waals surface area contributed by atoms with Gasteiger partial charge in [0.15, 0.2) is 0 Å². The smallest absolute Gasteiger partial charge is 0.108 e. The van der Waals surface area contributed by atoms with Crippen LogP contribution in [0.3, 0.4) is 0 Å². The fourth-order valence-corrected chi connectivity index (χ4v) is 3.26. The maximum Gasteiger partial charge on any atom is 0.108 e. The second-order valence-electron chi connectivity index (χ2n) is 6.46. The molecule has 0 N–H and O–H groups in total. The molecule has 1 heteroatoms. The van der Waals surface area contributed by atoms with Crippen molar-refractivity contribution in [3.8, 4) is 0 Å². The van der Waals surface area contributed by atoms with Crippen LogP contribution in [0.25, 0.3) is 0 Å². The minimum absolute atomic E-state index is 0.492. The Morgan fingerprint density at radius 2 is 1.30 bits per heavy atom. The van der Waals surface area contributed by atoms with Gasteiger partial charge in [0.25, 0.3) is 0 Å². The van der Waals surface area contributed by atoms with Gasteiger partial charge in [-0.2, -0.15) is 0 Å². The Morgan fingerprint density at radius 1 is 0.800 bits per heavy atom. The largest absolute Gasteiger partial charge is 0.494 e. The van der Waals surface area contributed by atoms with Crippen molar-refractivity contribution in [2.75, 3.05) is 0 Å². The number of hydrogen-bond donors (Lipinski definition) is 0. The van der Waals surface area contributed by atoms with Crippen molar-refractivity contribution in [2.45, 2.75) is 103 Å². The van der Waals surface area contributed by atoms with Crippen LogP contribution in [0.4, 0.5) is 0 Å². The second-order valence-corrected chi connectivity index (χ2v) is 6.46. The molecule has 1 rings (SSSR count). The van der Waals surface area contributed by atoms with E-state index in [0.717, 1.165) is 5.76 Å². The van der Waals surface area contributed by atoms with Crippen LogP contribution < -0.4 is 0 Å². The molecule has 0 bridgehead atoms. The lowest BCUT2D eigenvalue weighted by Crippen LogP contribution is -2.36. The van der Waals surface area contributed by atoms with E-state index in [4.69, 9.17) is 4.74 Å². The van der Waals surface area contributed by atoms with Crippen molar-refractivity contribution in [3.05, 3.63) is 12.3 Å². The molecule has 0 aliphatic carbocycles. The lowest BCUT2D eigenvalue weighted by Gasteiger charge is -2.39. The van der Waals surface area contributed by atoms with E-state index < -0.39 is 0 Å². The molecule has 1 aliphatic heterocycles. The van der Waals surface area contributed by atoms with Crippen LogP contribution in [0, 0.1) is 5.92 Å². The summed E-state index contributed by atoms with van der Waals surface area (Å²) in [5.41, 5.74) is 0. The third-order valence-corrected chi connectivity index (χ3v) is 4.70. The third-order valence-electron chi connectivity index (χ3n) is 4.70. The molecular weight excluding hydrogens is 244 g/mol. The summed E-state index contributed by atoms with van der Waals surface area (Å²) in [7, 11) is 0. The molecule has 1 fully saturated rings. The molecule has 2 atom stereocenters. The molecule has 118 valence electrons. The van der Waals surface area contributed by atoms with Crippen LogP contribution in [0.2, 0.25) is 0 Å². The molecule has 0 spiro atoms. The minimum Gasteiger partial charge on any atom is -0.494 e. The Labute approximate surface area is 127 Å². The van der Waals surface area contributed by atoms with Gasteiger partial charge < -0.3 is 4.74 Å². The van der Waals surface area contributed by atoms with Gasteiger partial charge >= 0.3 is 0 Å². The Balaban J connectivity index is 1.78. The number of unbranched alkanes of at least 4 members (excludes halogenated alkanes) is 10. The maximum atomic E-state index is 5.64. The fraction of sp³-hybridized carbons (Fsp3) is 0.895. The molecule has 0 radical (unpaired) electrons. The summed E-state index contributed by atoms with van der Waals surface area (Å²) in [6.07, 6.45) is 18.5. The predicted molar refractivity (Wildman–Crippen MR) is 88.9 cm³/mol. The molecule has 0 aromatic rings. The quantitative estimate of drug-likeness (QED) is 0.344. The zero-order valence-corrected chi connectivity index (χ0v) is 14.0. The van der Waals surface area contributed by atoms with Crippen LogP contribution in [-0.4, -0.2) is 6.10 Å². The Bertz CT molecular complexity index is 246. The van der Waals surface area contributed by atoms with E-state index in [9.17, 15) is 0 Å². The summed E-state index contributed by atoms with van der Waals surface area (Å²) < 4.78 is 5.64. The maximum absolute atomic E-state index is 5.64. The van der Waals surface area contributed by atoms with Crippen molar-refractivity contribution in [1.82, 2.24) is 0 Å². The zero-order valence-electron chi connectivity index (χ0n) is 14.0. The van der Waals surface area contributed by atoms with Crippen LogP contribution in [0.1, 0.15) is 97.3 Å². The Hall–Kier alpha value is -0.460. The molecule has 1 aliphatic rings. The minimum atomic E-state index is 0.492. The van der Waals surface area contributed by atoms with Gasteiger partial charge in [-0.15, -0.1) is 0 Å². The van der Waals surface area contributed by atoms with Crippen molar-refractivity contribution >= 4 is 0 Å². The summed E-state index contributed by atoms with van der Waals surface area (Å²) >= 11 is 0. The second kappa shape index (κ2) is 11.2. The highest BCUT2D eigenvalue weighted by atomic mass is 16.5. The van der Waals surface area contributed by atoms with E-state index >= 15 is 0 Å². The highest BCUT2D eigenvalue weighted by Gasteiger charge is 2.34. The van der Waals surface area contributed by atoms with E-state index in [1.165, 1.54) is 83.5 Å². The van der Waals surface area contributed by atoms with E-state index in [1.54, 1.807) is 0 Å². The predicted octanol–water partition coefficient (Wildman–Crippen LogP) is 6.63. The van der Waals surface area contributed by atoms with Gasteiger partial charge in [0.05, 0.1) is 11.7 Å². The normalized spacial score (nSPS) is 21.6. The fourth-order valence-electron chi connectivity index (χ4n) is 3.26. The summed E-state index contributed by atoms with van der Waals surface area (Å²) in [4.78, 5) is 0. The molecule has 20 heavy (non-hydrogen) atoms. The number of ether oxygens (including phenoxy) is 1. The first-order valence-electron chi connectivity index (χ1n) is 9.15. The highest BCUT2D eigenvalue weighted by Crippen LogP contribution is 2.36. The Morgan fingerprint density at radius 3 is 1.75 bits per heavy atom. The van der Waals surface area contributed by atoms with Crippen LogP contribution in [0.15, 0.2) is 12.3 Å². The van der Waals surface area contributed by atoms with Gasteiger partial charge in [-0.1, -0.05) is 84.6 Å².